The second-order valence-corrected chi connectivity index (χ2v) is 4.77. The van der Waals surface area contributed by atoms with E-state index in [1.54, 1.807) is 18.5 Å². The summed E-state index contributed by atoms with van der Waals surface area (Å²) >= 11 is 0. The van der Waals surface area contributed by atoms with E-state index < -0.39 is 11.1 Å². The molecule has 1 aliphatic heterocycles. The Balaban J connectivity index is 2.46. The van der Waals surface area contributed by atoms with E-state index in [1.807, 2.05) is 27.7 Å². The van der Waals surface area contributed by atoms with Crippen LogP contribution in [0.2, 0.25) is 0 Å². The first kappa shape index (κ1) is 10.2. The summed E-state index contributed by atoms with van der Waals surface area (Å²) in [6.45, 7) is 7.68. The fourth-order valence-electron chi connectivity index (χ4n) is 1.46. The molecule has 1 aromatic heterocycles. The molecule has 0 saturated carbocycles. The standard InChI is InChI=1S/C10H15N4O/c1-9(2)10(3,4)14(15)8(12-9)13-7-5-6-11-13/h5-7H,1-4H3. The lowest BCUT2D eigenvalue weighted by molar-refractivity contribution is -0.161. The largest absolute Gasteiger partial charge is 0.250 e. The maximum atomic E-state index is 12.1. The van der Waals surface area contributed by atoms with Crippen LogP contribution in [0.1, 0.15) is 27.7 Å². The van der Waals surface area contributed by atoms with Crippen LogP contribution in [0.25, 0.3) is 0 Å². The fourth-order valence-corrected chi connectivity index (χ4v) is 1.46. The minimum Gasteiger partial charge on any atom is -0.241 e. The number of aromatic nitrogens is 2. The lowest BCUT2D eigenvalue weighted by atomic mass is 9.84. The van der Waals surface area contributed by atoms with E-state index in [0.717, 1.165) is 5.06 Å². The first-order chi connectivity index (χ1) is 6.86. The van der Waals surface area contributed by atoms with Crippen LogP contribution >= 0.6 is 0 Å². The highest BCUT2D eigenvalue weighted by atomic mass is 16.5. The zero-order valence-electron chi connectivity index (χ0n) is 9.43. The fraction of sp³-hybridized carbons (Fsp3) is 0.600. The number of hydrogen-bond acceptors (Lipinski definition) is 3. The van der Waals surface area contributed by atoms with E-state index in [9.17, 15) is 5.21 Å². The van der Waals surface area contributed by atoms with E-state index in [4.69, 9.17) is 0 Å². The predicted octanol–water partition coefficient (Wildman–Crippen LogP) is 1.31. The van der Waals surface area contributed by atoms with Gasteiger partial charge in [0.05, 0.1) is 11.1 Å². The Morgan fingerprint density at radius 3 is 2.33 bits per heavy atom. The van der Waals surface area contributed by atoms with Crippen LogP contribution in [0, 0.1) is 0 Å². The molecular formula is C10H15N4O. The predicted molar refractivity (Wildman–Crippen MR) is 55.7 cm³/mol. The van der Waals surface area contributed by atoms with Crippen LogP contribution in [0.4, 0.5) is 0 Å². The van der Waals surface area contributed by atoms with Gasteiger partial charge in [-0.1, -0.05) is 5.21 Å². The summed E-state index contributed by atoms with van der Waals surface area (Å²) < 4.78 is 1.50. The average Bonchev–Trinajstić information content (AvgIpc) is 2.69. The molecule has 1 aliphatic rings. The molecule has 1 aromatic rings. The summed E-state index contributed by atoms with van der Waals surface area (Å²) in [6.07, 6.45) is 3.36. The van der Waals surface area contributed by atoms with Crippen LogP contribution in [0.3, 0.4) is 0 Å². The molecule has 15 heavy (non-hydrogen) atoms. The third-order valence-electron chi connectivity index (χ3n) is 3.28. The van der Waals surface area contributed by atoms with Crippen LogP contribution in [-0.2, 0) is 5.21 Å². The highest BCUT2D eigenvalue weighted by Crippen LogP contribution is 2.36. The van der Waals surface area contributed by atoms with Crippen molar-refractivity contribution in [1.82, 2.24) is 14.8 Å². The zero-order chi connectivity index (χ0) is 11.3. The van der Waals surface area contributed by atoms with Crippen LogP contribution < -0.4 is 0 Å². The van der Waals surface area contributed by atoms with E-state index in [-0.39, 0.29) is 0 Å². The molecule has 0 fully saturated rings. The summed E-state index contributed by atoms with van der Waals surface area (Å²) in [4.78, 5) is 4.43. The van der Waals surface area contributed by atoms with E-state index in [1.165, 1.54) is 4.68 Å². The maximum Gasteiger partial charge on any atom is 0.250 e. The van der Waals surface area contributed by atoms with Gasteiger partial charge in [-0.05, 0) is 33.8 Å². The van der Waals surface area contributed by atoms with Crippen molar-refractivity contribution >= 4 is 5.96 Å². The van der Waals surface area contributed by atoms with Crippen molar-refractivity contribution in [1.29, 1.82) is 0 Å². The molecule has 0 unspecified atom stereocenters. The Morgan fingerprint density at radius 2 is 1.93 bits per heavy atom. The van der Waals surface area contributed by atoms with Gasteiger partial charge in [0.2, 0.25) is 5.96 Å². The summed E-state index contributed by atoms with van der Waals surface area (Å²) in [6, 6.07) is 1.77. The van der Waals surface area contributed by atoms with E-state index in [2.05, 4.69) is 10.1 Å². The number of hydroxylamine groups is 2. The Hall–Kier alpha value is -1.36. The summed E-state index contributed by atoms with van der Waals surface area (Å²) in [5.74, 6) is 0.356. The van der Waals surface area contributed by atoms with Crippen molar-refractivity contribution in [3.05, 3.63) is 18.5 Å². The van der Waals surface area contributed by atoms with Gasteiger partial charge in [0, 0.05) is 12.4 Å². The molecule has 0 aliphatic carbocycles. The van der Waals surface area contributed by atoms with Crippen molar-refractivity contribution in [2.75, 3.05) is 0 Å². The molecule has 0 spiro atoms. The SMILES string of the molecule is CC1(C)N=C(n2cccn2)N([O])C1(C)C. The van der Waals surface area contributed by atoms with Crippen molar-refractivity contribution in [3.63, 3.8) is 0 Å². The monoisotopic (exact) mass is 207 g/mol. The Bertz CT molecular complexity index is 392. The highest BCUT2D eigenvalue weighted by Gasteiger charge is 2.50. The molecule has 0 aromatic carbocycles. The van der Waals surface area contributed by atoms with Gasteiger partial charge in [-0.25, -0.2) is 9.67 Å². The van der Waals surface area contributed by atoms with Gasteiger partial charge in [0.25, 0.3) is 0 Å². The summed E-state index contributed by atoms with van der Waals surface area (Å²) in [7, 11) is 0. The minimum absolute atomic E-state index is 0.356. The van der Waals surface area contributed by atoms with Gasteiger partial charge in [-0.15, -0.1) is 0 Å². The molecular weight excluding hydrogens is 192 g/mol. The normalized spacial score (nSPS) is 23.0. The summed E-state index contributed by atoms with van der Waals surface area (Å²) in [5.41, 5.74) is -0.954. The Morgan fingerprint density at radius 1 is 1.27 bits per heavy atom. The number of rotatable bonds is 0. The number of nitrogens with zero attached hydrogens (tertiary/aromatic N) is 4. The molecule has 2 rings (SSSR count). The van der Waals surface area contributed by atoms with Gasteiger partial charge < -0.3 is 0 Å². The first-order valence-corrected chi connectivity index (χ1v) is 4.93. The van der Waals surface area contributed by atoms with Crippen molar-refractivity contribution in [3.8, 4) is 0 Å². The number of aliphatic imine (C=N–C) groups is 1. The second kappa shape index (κ2) is 2.82. The molecule has 5 nitrogen and oxygen atoms in total. The molecule has 0 bridgehead atoms. The number of hydrogen-bond donors (Lipinski definition) is 0. The molecule has 0 amide bonds. The molecule has 0 N–H and O–H groups in total. The Kier molecular flexibility index (Phi) is 1.91. The summed E-state index contributed by atoms with van der Waals surface area (Å²) in [5, 5.41) is 17.0. The minimum atomic E-state index is -0.547. The average molecular weight is 207 g/mol. The lowest BCUT2D eigenvalue weighted by Crippen LogP contribution is -2.51. The van der Waals surface area contributed by atoms with Gasteiger partial charge in [0.15, 0.2) is 0 Å². The van der Waals surface area contributed by atoms with Crippen molar-refractivity contribution in [2.24, 2.45) is 4.99 Å². The van der Waals surface area contributed by atoms with Crippen LogP contribution in [0.5, 0.6) is 0 Å². The van der Waals surface area contributed by atoms with E-state index in [0.29, 0.717) is 5.96 Å². The third kappa shape index (κ3) is 1.26. The van der Waals surface area contributed by atoms with Gasteiger partial charge in [0.1, 0.15) is 0 Å². The first-order valence-electron chi connectivity index (χ1n) is 4.93. The third-order valence-corrected chi connectivity index (χ3v) is 3.28. The van der Waals surface area contributed by atoms with Gasteiger partial charge in [-0.3, -0.25) is 0 Å². The molecule has 5 heteroatoms. The maximum absolute atomic E-state index is 12.1. The molecule has 0 saturated heterocycles. The second-order valence-electron chi connectivity index (χ2n) is 4.77. The quantitative estimate of drug-likeness (QED) is 0.644. The van der Waals surface area contributed by atoms with Gasteiger partial charge in [-0.2, -0.15) is 10.2 Å². The van der Waals surface area contributed by atoms with Crippen LogP contribution in [0.15, 0.2) is 23.5 Å². The van der Waals surface area contributed by atoms with E-state index >= 15 is 0 Å². The van der Waals surface area contributed by atoms with Crippen molar-refractivity contribution < 1.29 is 5.21 Å². The van der Waals surface area contributed by atoms with Crippen LogP contribution in [-0.4, -0.2) is 31.9 Å². The molecule has 0 atom stereocenters. The molecule has 2 heterocycles. The smallest absolute Gasteiger partial charge is 0.241 e. The molecule has 1 radical (unpaired) electrons. The van der Waals surface area contributed by atoms with Crippen molar-refractivity contribution in [2.45, 2.75) is 38.8 Å². The van der Waals surface area contributed by atoms with Gasteiger partial charge >= 0.3 is 0 Å². The Labute approximate surface area is 89.0 Å². The zero-order valence-corrected chi connectivity index (χ0v) is 9.43. The topological polar surface area (TPSA) is 53.3 Å². The molecule has 81 valence electrons. The lowest BCUT2D eigenvalue weighted by Gasteiger charge is -2.34. The highest BCUT2D eigenvalue weighted by molar-refractivity contribution is 5.83.